The largest absolute Gasteiger partial charge is 0.456 e. The quantitative estimate of drug-likeness (QED) is 0.406. The smallest absolute Gasteiger partial charge is 0.269 e. The van der Waals surface area contributed by atoms with Crippen molar-refractivity contribution in [2.45, 2.75) is 6.54 Å². The van der Waals surface area contributed by atoms with Crippen LogP contribution in [0.5, 0.6) is 0 Å². The van der Waals surface area contributed by atoms with Gasteiger partial charge in [0, 0.05) is 36.6 Å². The minimum absolute atomic E-state index is 0. The van der Waals surface area contributed by atoms with E-state index in [9.17, 15) is 10.1 Å². The molecule has 0 spiro atoms. The molecule has 0 bridgehead atoms. The molecule has 0 unspecified atom stereocenters. The van der Waals surface area contributed by atoms with Crippen molar-refractivity contribution in [3.05, 3.63) is 82.4 Å². The third-order valence-electron chi connectivity index (χ3n) is 4.02. The van der Waals surface area contributed by atoms with Crippen molar-refractivity contribution < 1.29 is 10.8 Å². The predicted octanol–water partition coefficient (Wildman–Crippen LogP) is 5.35. The summed E-state index contributed by atoms with van der Waals surface area (Å²) in [6, 6.07) is 20.5. The number of nitrogens with zero attached hydrogens (tertiary/aromatic N) is 1. The fourth-order valence-corrected chi connectivity index (χ4v) is 2.78. The van der Waals surface area contributed by atoms with Crippen LogP contribution >= 0.6 is 0 Å². The van der Waals surface area contributed by atoms with Crippen LogP contribution in [0.4, 0.5) is 11.4 Å². The molecular weight excluding hydrogens is 304 g/mol. The minimum atomic E-state index is -0.394. The SMILES string of the molecule is O=[N+]([O-])c1ccc(CNc2ccc3oc4ccccc4c3c2)cc1.[HH]. The molecule has 0 fully saturated rings. The first kappa shape index (κ1) is 14.3. The zero-order chi connectivity index (χ0) is 16.5. The van der Waals surface area contributed by atoms with Gasteiger partial charge in [0.2, 0.25) is 0 Å². The minimum Gasteiger partial charge on any atom is -0.456 e. The van der Waals surface area contributed by atoms with E-state index in [-0.39, 0.29) is 7.11 Å². The van der Waals surface area contributed by atoms with Gasteiger partial charge in [0.1, 0.15) is 11.2 Å². The number of benzene rings is 3. The Kier molecular flexibility index (Phi) is 3.39. The van der Waals surface area contributed by atoms with Crippen LogP contribution in [0.1, 0.15) is 6.99 Å². The average molecular weight is 320 g/mol. The van der Waals surface area contributed by atoms with Crippen LogP contribution in [-0.4, -0.2) is 4.92 Å². The van der Waals surface area contributed by atoms with Crippen molar-refractivity contribution in [3.63, 3.8) is 0 Å². The third-order valence-corrected chi connectivity index (χ3v) is 4.02. The maximum absolute atomic E-state index is 10.7. The molecule has 24 heavy (non-hydrogen) atoms. The van der Waals surface area contributed by atoms with Gasteiger partial charge in [-0.05, 0) is 29.8 Å². The van der Waals surface area contributed by atoms with Crippen LogP contribution in [-0.2, 0) is 6.54 Å². The van der Waals surface area contributed by atoms with Gasteiger partial charge in [0.15, 0.2) is 0 Å². The van der Waals surface area contributed by atoms with E-state index < -0.39 is 4.92 Å². The van der Waals surface area contributed by atoms with Gasteiger partial charge >= 0.3 is 0 Å². The van der Waals surface area contributed by atoms with Crippen LogP contribution in [0.3, 0.4) is 0 Å². The van der Waals surface area contributed by atoms with Gasteiger partial charge < -0.3 is 9.73 Å². The summed E-state index contributed by atoms with van der Waals surface area (Å²) >= 11 is 0. The Bertz CT molecular complexity index is 1040. The lowest BCUT2D eigenvalue weighted by molar-refractivity contribution is -0.384. The summed E-state index contributed by atoms with van der Waals surface area (Å²) in [5.41, 5.74) is 3.80. The normalized spacial score (nSPS) is 11.0. The maximum Gasteiger partial charge on any atom is 0.269 e. The van der Waals surface area contributed by atoms with E-state index in [4.69, 9.17) is 4.42 Å². The maximum atomic E-state index is 10.7. The third kappa shape index (κ3) is 2.56. The topological polar surface area (TPSA) is 68.3 Å². The van der Waals surface area contributed by atoms with Crippen molar-refractivity contribution in [1.29, 1.82) is 0 Å². The molecule has 3 aromatic carbocycles. The highest BCUT2D eigenvalue weighted by atomic mass is 16.6. The summed E-state index contributed by atoms with van der Waals surface area (Å²) in [6.07, 6.45) is 0. The van der Waals surface area contributed by atoms with Gasteiger partial charge in [-0.2, -0.15) is 0 Å². The first-order valence-corrected chi connectivity index (χ1v) is 7.59. The summed E-state index contributed by atoms with van der Waals surface area (Å²) in [6.45, 7) is 0.597. The Morgan fingerprint density at radius 2 is 1.71 bits per heavy atom. The number of nitro benzene ring substituents is 1. The molecule has 4 aromatic rings. The molecular formula is C19H16N2O3. The van der Waals surface area contributed by atoms with Gasteiger partial charge in [0.05, 0.1) is 4.92 Å². The fourth-order valence-electron chi connectivity index (χ4n) is 2.78. The Morgan fingerprint density at radius 3 is 2.50 bits per heavy atom. The molecule has 0 aliphatic carbocycles. The summed E-state index contributed by atoms with van der Waals surface area (Å²) < 4.78 is 5.81. The number of rotatable bonds is 4. The standard InChI is InChI=1S/C19H14N2O3.H2/c22-21(23)15-8-5-13(6-9-15)12-20-14-7-10-19-17(11-14)16-3-1-2-4-18(16)24-19;/h1-11,20H,12H2;1H. The lowest BCUT2D eigenvalue weighted by Gasteiger charge is -2.06. The summed E-state index contributed by atoms with van der Waals surface area (Å²) in [5.74, 6) is 0. The highest BCUT2D eigenvalue weighted by Crippen LogP contribution is 2.30. The van der Waals surface area contributed by atoms with E-state index in [1.165, 1.54) is 12.1 Å². The molecule has 1 heterocycles. The van der Waals surface area contributed by atoms with Gasteiger partial charge in [-0.15, -0.1) is 0 Å². The second kappa shape index (κ2) is 5.70. The van der Waals surface area contributed by atoms with Crippen LogP contribution in [0.15, 0.2) is 71.1 Å². The van der Waals surface area contributed by atoms with Crippen molar-refractivity contribution >= 4 is 33.3 Å². The highest BCUT2D eigenvalue weighted by Gasteiger charge is 2.07. The van der Waals surface area contributed by atoms with Gasteiger partial charge in [0.25, 0.3) is 5.69 Å². The Morgan fingerprint density at radius 1 is 0.958 bits per heavy atom. The Labute approximate surface area is 139 Å². The van der Waals surface area contributed by atoms with E-state index in [0.717, 1.165) is 33.2 Å². The second-order valence-electron chi connectivity index (χ2n) is 5.59. The number of para-hydroxylation sites is 1. The predicted molar refractivity (Wildman–Crippen MR) is 96.3 cm³/mol. The molecule has 0 aliphatic heterocycles. The van der Waals surface area contributed by atoms with Gasteiger partial charge in [-0.1, -0.05) is 30.3 Å². The van der Waals surface area contributed by atoms with Crippen molar-refractivity contribution in [3.8, 4) is 0 Å². The number of furan rings is 1. The second-order valence-corrected chi connectivity index (χ2v) is 5.59. The number of hydrogen-bond donors (Lipinski definition) is 1. The van der Waals surface area contributed by atoms with Crippen LogP contribution in [0.2, 0.25) is 0 Å². The van der Waals surface area contributed by atoms with E-state index in [0.29, 0.717) is 6.54 Å². The lowest BCUT2D eigenvalue weighted by Crippen LogP contribution is -1.99. The average Bonchev–Trinajstić information content (AvgIpc) is 2.98. The fraction of sp³-hybridized carbons (Fsp3) is 0.0526. The number of fused-ring (bicyclic) bond motifs is 3. The molecule has 5 nitrogen and oxygen atoms in total. The molecule has 0 saturated heterocycles. The molecule has 0 saturated carbocycles. The zero-order valence-corrected chi connectivity index (χ0v) is 12.7. The number of anilines is 1. The van der Waals surface area contributed by atoms with Crippen LogP contribution < -0.4 is 5.32 Å². The Hall–Kier alpha value is -3.34. The molecule has 0 radical (unpaired) electrons. The van der Waals surface area contributed by atoms with E-state index in [1.807, 2.05) is 36.4 Å². The van der Waals surface area contributed by atoms with E-state index in [2.05, 4.69) is 11.4 Å². The number of non-ortho nitro benzene ring substituents is 1. The van der Waals surface area contributed by atoms with Crippen LogP contribution in [0.25, 0.3) is 21.9 Å². The van der Waals surface area contributed by atoms with Crippen LogP contribution in [0, 0.1) is 10.1 Å². The molecule has 0 aliphatic rings. The van der Waals surface area contributed by atoms with E-state index in [1.54, 1.807) is 12.1 Å². The zero-order valence-electron chi connectivity index (χ0n) is 12.7. The Balaban J connectivity index is 0.00000182. The van der Waals surface area contributed by atoms with Gasteiger partial charge in [-0.25, -0.2) is 0 Å². The van der Waals surface area contributed by atoms with Crippen molar-refractivity contribution in [2.75, 3.05) is 5.32 Å². The molecule has 0 amide bonds. The van der Waals surface area contributed by atoms with Gasteiger partial charge in [-0.3, -0.25) is 10.1 Å². The number of nitrogens with one attached hydrogen (secondary N) is 1. The molecule has 4 rings (SSSR count). The lowest BCUT2D eigenvalue weighted by atomic mass is 10.1. The molecule has 1 aromatic heterocycles. The molecule has 120 valence electrons. The molecule has 1 N–H and O–H groups in total. The number of hydrogen-bond acceptors (Lipinski definition) is 4. The van der Waals surface area contributed by atoms with Crippen molar-refractivity contribution in [2.24, 2.45) is 0 Å². The first-order valence-electron chi connectivity index (χ1n) is 7.59. The summed E-state index contributed by atoms with van der Waals surface area (Å²) in [7, 11) is 0. The molecule has 0 atom stereocenters. The number of nitro groups is 1. The monoisotopic (exact) mass is 320 g/mol. The highest BCUT2D eigenvalue weighted by molar-refractivity contribution is 6.05. The summed E-state index contributed by atoms with van der Waals surface area (Å²) in [5, 5.41) is 16.2. The van der Waals surface area contributed by atoms with E-state index >= 15 is 0 Å². The molecule has 5 heteroatoms. The van der Waals surface area contributed by atoms with Crippen molar-refractivity contribution in [1.82, 2.24) is 0 Å². The summed E-state index contributed by atoms with van der Waals surface area (Å²) in [4.78, 5) is 10.3. The first-order chi connectivity index (χ1) is 11.7.